The molecule has 5 nitrogen and oxygen atoms in total. The Balaban J connectivity index is 1.48. The van der Waals surface area contributed by atoms with E-state index in [1.165, 1.54) is 25.1 Å². The van der Waals surface area contributed by atoms with Crippen molar-refractivity contribution in [1.29, 1.82) is 0 Å². The fourth-order valence-corrected chi connectivity index (χ4v) is 2.95. The number of rotatable bonds is 8. The number of Topliss-reactive ketones (excluding diaryl/α,β-unsaturated/α-hetero) is 1. The number of hydrogen-bond acceptors (Lipinski definition) is 4. The van der Waals surface area contributed by atoms with Crippen molar-refractivity contribution < 1.29 is 23.5 Å². The molecule has 31 heavy (non-hydrogen) atoms. The van der Waals surface area contributed by atoms with Crippen LogP contribution in [-0.4, -0.2) is 23.8 Å². The van der Waals surface area contributed by atoms with Crippen molar-refractivity contribution in [1.82, 2.24) is 0 Å². The highest BCUT2D eigenvalue weighted by atomic mass is 19.1. The van der Waals surface area contributed by atoms with Gasteiger partial charge in [-0.2, -0.15) is 0 Å². The zero-order chi connectivity index (χ0) is 22.2. The second kappa shape index (κ2) is 10.3. The molecule has 1 unspecified atom stereocenters. The summed E-state index contributed by atoms with van der Waals surface area (Å²) in [5.41, 5.74) is 2.54. The summed E-state index contributed by atoms with van der Waals surface area (Å²) < 4.78 is 18.7. The third-order valence-corrected chi connectivity index (χ3v) is 4.68. The molecule has 0 bridgehead atoms. The summed E-state index contributed by atoms with van der Waals surface area (Å²) in [6.07, 6.45) is -1.31. The van der Waals surface area contributed by atoms with Gasteiger partial charge in [0.2, 0.25) is 0 Å². The lowest BCUT2D eigenvalue weighted by Gasteiger charge is -2.13. The molecule has 0 heterocycles. The van der Waals surface area contributed by atoms with E-state index >= 15 is 0 Å². The van der Waals surface area contributed by atoms with Crippen LogP contribution in [0.2, 0.25) is 0 Å². The molecule has 0 aliphatic heterocycles. The smallest absolute Gasteiger partial charge is 0.307 e. The molecule has 158 valence electrons. The van der Waals surface area contributed by atoms with Crippen molar-refractivity contribution in [2.75, 3.05) is 5.32 Å². The van der Waals surface area contributed by atoms with E-state index in [4.69, 9.17) is 4.74 Å². The lowest BCUT2D eigenvalue weighted by atomic mass is 10.0. The molecule has 3 aromatic carbocycles. The number of ether oxygens (including phenoxy) is 1. The fraction of sp³-hybridized carbons (Fsp3) is 0.160. The van der Waals surface area contributed by atoms with Gasteiger partial charge in [0.1, 0.15) is 5.82 Å². The van der Waals surface area contributed by atoms with Gasteiger partial charge in [0.05, 0.1) is 12.1 Å². The van der Waals surface area contributed by atoms with Crippen molar-refractivity contribution in [2.45, 2.75) is 25.9 Å². The molecule has 3 aromatic rings. The van der Waals surface area contributed by atoms with Crippen molar-refractivity contribution >= 4 is 23.3 Å². The van der Waals surface area contributed by atoms with Gasteiger partial charge in [0.25, 0.3) is 5.91 Å². The standard InChI is InChI=1S/C25H22FNO4/c1-17(25(30)27-22-10-6-5-9-21(22)26)31-24(29)16-15-23(28)20-13-11-19(12-14-20)18-7-3-2-4-8-18/h2-14,17H,15-16H2,1H3,(H,27,30). The molecule has 0 spiro atoms. The van der Waals surface area contributed by atoms with E-state index in [1.54, 1.807) is 18.2 Å². The number of hydrogen-bond donors (Lipinski definition) is 1. The van der Waals surface area contributed by atoms with Gasteiger partial charge < -0.3 is 10.1 Å². The number of carbonyl (C=O) groups is 3. The Morgan fingerprint density at radius 3 is 2.13 bits per heavy atom. The van der Waals surface area contributed by atoms with Crippen LogP contribution in [0.25, 0.3) is 11.1 Å². The number of amides is 1. The molecular weight excluding hydrogens is 397 g/mol. The summed E-state index contributed by atoms with van der Waals surface area (Å²) in [6, 6.07) is 22.6. The van der Waals surface area contributed by atoms with Gasteiger partial charge in [0.15, 0.2) is 11.9 Å². The highest BCUT2D eigenvalue weighted by Crippen LogP contribution is 2.20. The Kier molecular flexibility index (Phi) is 7.27. The Morgan fingerprint density at radius 2 is 1.45 bits per heavy atom. The third kappa shape index (κ3) is 6.09. The second-order valence-corrected chi connectivity index (χ2v) is 6.97. The average molecular weight is 419 g/mol. The lowest BCUT2D eigenvalue weighted by Crippen LogP contribution is -2.30. The maximum absolute atomic E-state index is 13.6. The molecule has 0 aliphatic rings. The minimum absolute atomic E-state index is 0.00419. The molecule has 6 heteroatoms. The molecule has 0 fully saturated rings. The van der Waals surface area contributed by atoms with E-state index < -0.39 is 23.8 Å². The fourth-order valence-electron chi connectivity index (χ4n) is 2.95. The molecule has 3 rings (SSSR count). The van der Waals surface area contributed by atoms with E-state index in [2.05, 4.69) is 5.32 Å². The largest absolute Gasteiger partial charge is 0.453 e. The van der Waals surface area contributed by atoms with Crippen LogP contribution in [0.15, 0.2) is 78.9 Å². The number of halogens is 1. The molecule has 1 atom stereocenters. The minimum atomic E-state index is -1.12. The first kappa shape index (κ1) is 21.9. The van der Waals surface area contributed by atoms with Gasteiger partial charge in [-0.1, -0.05) is 66.7 Å². The molecule has 0 aromatic heterocycles. The SMILES string of the molecule is CC(OC(=O)CCC(=O)c1ccc(-c2ccccc2)cc1)C(=O)Nc1ccccc1F. The number of esters is 1. The summed E-state index contributed by atoms with van der Waals surface area (Å²) in [7, 11) is 0. The number of para-hydroxylation sites is 1. The van der Waals surface area contributed by atoms with E-state index in [1.807, 2.05) is 42.5 Å². The Hall–Kier alpha value is -3.80. The van der Waals surface area contributed by atoms with Gasteiger partial charge in [-0.15, -0.1) is 0 Å². The van der Waals surface area contributed by atoms with E-state index in [9.17, 15) is 18.8 Å². The Bertz CT molecular complexity index is 1060. The van der Waals surface area contributed by atoms with Gasteiger partial charge in [-0.3, -0.25) is 14.4 Å². The predicted molar refractivity (Wildman–Crippen MR) is 116 cm³/mol. The quantitative estimate of drug-likeness (QED) is 0.411. The zero-order valence-electron chi connectivity index (χ0n) is 17.0. The highest BCUT2D eigenvalue weighted by molar-refractivity contribution is 5.98. The maximum atomic E-state index is 13.6. The monoisotopic (exact) mass is 419 g/mol. The maximum Gasteiger partial charge on any atom is 0.307 e. The first-order valence-corrected chi connectivity index (χ1v) is 9.87. The molecule has 0 aliphatic carbocycles. The molecular formula is C25H22FNO4. The van der Waals surface area contributed by atoms with Crippen LogP contribution in [0.4, 0.5) is 10.1 Å². The van der Waals surface area contributed by atoms with E-state index in [-0.39, 0.29) is 24.3 Å². The van der Waals surface area contributed by atoms with Crippen LogP contribution < -0.4 is 5.32 Å². The number of ketones is 1. The second-order valence-electron chi connectivity index (χ2n) is 6.97. The molecule has 1 amide bonds. The topological polar surface area (TPSA) is 72.5 Å². The first-order valence-electron chi connectivity index (χ1n) is 9.87. The molecule has 1 N–H and O–H groups in total. The number of anilines is 1. The third-order valence-electron chi connectivity index (χ3n) is 4.68. The number of nitrogens with one attached hydrogen (secondary N) is 1. The summed E-state index contributed by atoms with van der Waals surface area (Å²) in [5.74, 6) is -2.11. The van der Waals surface area contributed by atoms with Crippen LogP contribution in [0.5, 0.6) is 0 Å². The highest BCUT2D eigenvalue weighted by Gasteiger charge is 2.20. The average Bonchev–Trinajstić information content (AvgIpc) is 2.79. The molecule has 0 saturated carbocycles. The van der Waals surface area contributed by atoms with E-state index in [0.29, 0.717) is 5.56 Å². The summed E-state index contributed by atoms with van der Waals surface area (Å²) in [4.78, 5) is 36.5. The van der Waals surface area contributed by atoms with Gasteiger partial charge in [-0.25, -0.2) is 4.39 Å². The van der Waals surface area contributed by atoms with Crippen LogP contribution in [0.3, 0.4) is 0 Å². The number of carbonyl (C=O) groups excluding carboxylic acids is 3. The van der Waals surface area contributed by atoms with Gasteiger partial charge in [-0.05, 0) is 30.2 Å². The molecule has 0 saturated heterocycles. The summed E-state index contributed by atoms with van der Waals surface area (Å²) in [6.45, 7) is 1.39. The van der Waals surface area contributed by atoms with Gasteiger partial charge >= 0.3 is 5.97 Å². The predicted octanol–water partition coefficient (Wildman–Crippen LogP) is 5.03. The van der Waals surface area contributed by atoms with Crippen molar-refractivity contribution in [3.05, 3.63) is 90.2 Å². The Morgan fingerprint density at radius 1 is 0.839 bits per heavy atom. The van der Waals surface area contributed by atoms with Crippen LogP contribution in [-0.2, 0) is 14.3 Å². The van der Waals surface area contributed by atoms with Crippen molar-refractivity contribution in [2.24, 2.45) is 0 Å². The van der Waals surface area contributed by atoms with Crippen LogP contribution in [0, 0.1) is 5.82 Å². The normalized spacial score (nSPS) is 11.4. The minimum Gasteiger partial charge on any atom is -0.453 e. The lowest BCUT2D eigenvalue weighted by molar-refractivity contribution is -0.153. The van der Waals surface area contributed by atoms with Crippen LogP contribution in [0.1, 0.15) is 30.1 Å². The van der Waals surface area contributed by atoms with Crippen LogP contribution >= 0.6 is 0 Å². The summed E-state index contributed by atoms with van der Waals surface area (Å²) >= 11 is 0. The van der Waals surface area contributed by atoms with Gasteiger partial charge in [0, 0.05) is 12.0 Å². The summed E-state index contributed by atoms with van der Waals surface area (Å²) in [5, 5.41) is 2.37. The molecule has 0 radical (unpaired) electrons. The van der Waals surface area contributed by atoms with Crippen molar-refractivity contribution in [3.8, 4) is 11.1 Å². The number of benzene rings is 3. The van der Waals surface area contributed by atoms with Crippen molar-refractivity contribution in [3.63, 3.8) is 0 Å². The first-order chi connectivity index (χ1) is 14.9. The van der Waals surface area contributed by atoms with E-state index in [0.717, 1.165) is 11.1 Å². The Labute approximate surface area is 179 Å². The zero-order valence-corrected chi connectivity index (χ0v) is 17.0.